The summed E-state index contributed by atoms with van der Waals surface area (Å²) < 4.78 is 0. The first-order valence-electron chi connectivity index (χ1n) is 8.85. The van der Waals surface area contributed by atoms with Gasteiger partial charge in [0.2, 0.25) is 5.91 Å². The van der Waals surface area contributed by atoms with E-state index in [1.165, 1.54) is 6.20 Å². The summed E-state index contributed by atoms with van der Waals surface area (Å²) in [6.07, 6.45) is 5.37. The zero-order chi connectivity index (χ0) is 19.5. The molecule has 0 aliphatic rings. The average Bonchev–Trinajstić information content (AvgIpc) is 2.68. The molecule has 0 saturated carbocycles. The predicted molar refractivity (Wildman–Crippen MR) is 101 cm³/mol. The predicted octanol–water partition coefficient (Wildman–Crippen LogP) is 2.85. The molecule has 0 radical (unpaired) electrons. The van der Waals surface area contributed by atoms with Crippen molar-refractivity contribution >= 4 is 23.5 Å². The second-order valence-corrected chi connectivity index (χ2v) is 6.12. The molecule has 2 amide bonds. The van der Waals surface area contributed by atoms with Crippen LogP contribution in [0.3, 0.4) is 0 Å². The van der Waals surface area contributed by atoms with Gasteiger partial charge in [-0.15, -0.1) is 0 Å². The molecule has 27 heavy (non-hydrogen) atoms. The second-order valence-electron chi connectivity index (χ2n) is 6.12. The summed E-state index contributed by atoms with van der Waals surface area (Å²) in [5.41, 5.74) is 1.02. The number of nitrogens with one attached hydrogen (secondary N) is 2. The van der Waals surface area contributed by atoms with Crippen LogP contribution >= 0.6 is 0 Å². The molecule has 142 valence electrons. The van der Waals surface area contributed by atoms with Gasteiger partial charge in [0.05, 0.1) is 5.56 Å². The third-order valence-electron chi connectivity index (χ3n) is 3.97. The molecular weight excluding hydrogens is 346 g/mol. The van der Waals surface area contributed by atoms with Crippen LogP contribution in [0.1, 0.15) is 42.5 Å². The minimum Gasteiger partial charge on any atom is -0.481 e. The molecule has 0 saturated heterocycles. The minimum absolute atomic E-state index is 0.100. The van der Waals surface area contributed by atoms with Crippen molar-refractivity contribution in [2.75, 3.05) is 5.32 Å². The first-order valence-corrected chi connectivity index (χ1v) is 8.85. The van der Waals surface area contributed by atoms with Gasteiger partial charge in [0.25, 0.3) is 5.91 Å². The second kappa shape index (κ2) is 10.7. The van der Waals surface area contributed by atoms with Crippen molar-refractivity contribution in [1.29, 1.82) is 0 Å². The van der Waals surface area contributed by atoms with Gasteiger partial charge >= 0.3 is 5.97 Å². The standard InChI is InChI=1S/C20H23N3O4/c24-18(25)12-6-2-5-11-17(20(27)22-16-9-3-1-4-10-16)23-19(26)15-8-7-13-21-14-15/h1,3-4,7-10,13-14,17H,2,5-6,11-12H2,(H,22,27)(H,23,26)(H,24,25)/t17-/m0/s1. The zero-order valence-corrected chi connectivity index (χ0v) is 14.9. The maximum Gasteiger partial charge on any atom is 0.303 e. The minimum atomic E-state index is -0.835. The molecule has 0 aliphatic carbocycles. The number of hydrogen-bond acceptors (Lipinski definition) is 4. The van der Waals surface area contributed by atoms with Crippen molar-refractivity contribution in [3.8, 4) is 0 Å². The van der Waals surface area contributed by atoms with Crippen LogP contribution in [0.4, 0.5) is 5.69 Å². The van der Waals surface area contributed by atoms with Gasteiger partial charge in [0.15, 0.2) is 0 Å². The number of anilines is 1. The summed E-state index contributed by atoms with van der Waals surface area (Å²) >= 11 is 0. The lowest BCUT2D eigenvalue weighted by atomic mass is 10.1. The van der Waals surface area contributed by atoms with E-state index in [4.69, 9.17) is 5.11 Å². The SMILES string of the molecule is O=C(O)CCCCC[C@H](NC(=O)c1cccnc1)C(=O)Nc1ccccc1. The molecular formula is C20H23N3O4. The van der Waals surface area contributed by atoms with Crippen LogP contribution in [-0.4, -0.2) is 33.9 Å². The maximum absolute atomic E-state index is 12.6. The first-order chi connectivity index (χ1) is 13.1. The molecule has 1 heterocycles. The van der Waals surface area contributed by atoms with Gasteiger partial charge in [-0.3, -0.25) is 19.4 Å². The zero-order valence-electron chi connectivity index (χ0n) is 14.9. The summed E-state index contributed by atoms with van der Waals surface area (Å²) in [7, 11) is 0. The summed E-state index contributed by atoms with van der Waals surface area (Å²) in [4.78, 5) is 39.5. The number of nitrogens with zero attached hydrogens (tertiary/aromatic N) is 1. The molecule has 0 bridgehead atoms. The first kappa shape index (κ1) is 20.1. The fraction of sp³-hybridized carbons (Fsp3) is 0.300. The highest BCUT2D eigenvalue weighted by Gasteiger charge is 2.21. The monoisotopic (exact) mass is 369 g/mol. The van der Waals surface area contributed by atoms with E-state index in [-0.39, 0.29) is 18.2 Å². The third-order valence-corrected chi connectivity index (χ3v) is 3.97. The Labute approximate surface area is 157 Å². The Balaban J connectivity index is 1.97. The van der Waals surface area contributed by atoms with Crippen molar-refractivity contribution in [2.24, 2.45) is 0 Å². The van der Waals surface area contributed by atoms with Crippen LogP contribution in [0.25, 0.3) is 0 Å². The topological polar surface area (TPSA) is 108 Å². The number of aromatic nitrogens is 1. The van der Waals surface area contributed by atoms with Crippen LogP contribution < -0.4 is 10.6 Å². The number of pyridine rings is 1. The Kier molecular flexibility index (Phi) is 7.96. The Morgan fingerprint density at radius 2 is 1.78 bits per heavy atom. The fourth-order valence-electron chi connectivity index (χ4n) is 2.56. The van der Waals surface area contributed by atoms with Crippen LogP contribution in [0.5, 0.6) is 0 Å². The molecule has 2 aromatic rings. The fourth-order valence-corrected chi connectivity index (χ4v) is 2.56. The largest absolute Gasteiger partial charge is 0.481 e. The number of hydrogen-bond donors (Lipinski definition) is 3. The number of unbranched alkanes of at least 4 members (excludes halogenated alkanes) is 2. The number of carbonyl (C=O) groups is 3. The molecule has 1 aromatic heterocycles. The van der Waals surface area contributed by atoms with E-state index in [0.717, 1.165) is 0 Å². The molecule has 0 spiro atoms. The van der Waals surface area contributed by atoms with Crippen molar-refractivity contribution < 1.29 is 19.5 Å². The van der Waals surface area contributed by atoms with Crippen LogP contribution in [0.15, 0.2) is 54.9 Å². The van der Waals surface area contributed by atoms with Crippen LogP contribution in [0.2, 0.25) is 0 Å². The molecule has 1 aromatic carbocycles. The van der Waals surface area contributed by atoms with Gasteiger partial charge in [0, 0.05) is 24.5 Å². The molecule has 7 nitrogen and oxygen atoms in total. The molecule has 0 fully saturated rings. The number of carboxylic acids is 1. The van der Waals surface area contributed by atoms with E-state index in [0.29, 0.717) is 36.9 Å². The van der Waals surface area contributed by atoms with Gasteiger partial charge in [-0.25, -0.2) is 0 Å². The van der Waals surface area contributed by atoms with Crippen molar-refractivity contribution in [3.05, 3.63) is 60.4 Å². The number of amides is 2. The third kappa shape index (κ3) is 7.27. The van der Waals surface area contributed by atoms with Crippen molar-refractivity contribution in [2.45, 2.75) is 38.1 Å². The average molecular weight is 369 g/mol. The Hall–Kier alpha value is -3.22. The van der Waals surface area contributed by atoms with Crippen molar-refractivity contribution in [1.82, 2.24) is 10.3 Å². The van der Waals surface area contributed by atoms with Crippen LogP contribution in [-0.2, 0) is 9.59 Å². The summed E-state index contributed by atoms with van der Waals surface area (Å²) in [6, 6.07) is 11.6. The molecule has 2 rings (SSSR count). The van der Waals surface area contributed by atoms with Gasteiger partial charge in [-0.2, -0.15) is 0 Å². The van der Waals surface area contributed by atoms with E-state index in [1.807, 2.05) is 18.2 Å². The Bertz CT molecular complexity index is 750. The molecule has 0 aliphatic heterocycles. The number of carbonyl (C=O) groups excluding carboxylic acids is 2. The number of benzene rings is 1. The summed E-state index contributed by atoms with van der Waals surface area (Å²) in [5.74, 6) is -1.52. The van der Waals surface area contributed by atoms with Gasteiger partial charge in [-0.05, 0) is 37.1 Å². The van der Waals surface area contributed by atoms with E-state index < -0.39 is 12.0 Å². The summed E-state index contributed by atoms with van der Waals surface area (Å²) in [6.45, 7) is 0. The van der Waals surface area contributed by atoms with Crippen molar-refractivity contribution in [3.63, 3.8) is 0 Å². The summed E-state index contributed by atoms with van der Waals surface area (Å²) in [5, 5.41) is 14.2. The van der Waals surface area contributed by atoms with Gasteiger partial charge in [0.1, 0.15) is 6.04 Å². The van der Waals surface area contributed by atoms with E-state index in [9.17, 15) is 14.4 Å². The smallest absolute Gasteiger partial charge is 0.303 e. The number of para-hydroxylation sites is 1. The quantitative estimate of drug-likeness (QED) is 0.558. The molecule has 1 atom stereocenters. The number of aliphatic carboxylic acids is 1. The number of carboxylic acid groups (broad SMARTS) is 1. The highest BCUT2D eigenvalue weighted by molar-refractivity contribution is 6.01. The Morgan fingerprint density at radius 1 is 1.00 bits per heavy atom. The lowest BCUT2D eigenvalue weighted by Gasteiger charge is -2.18. The Morgan fingerprint density at radius 3 is 2.44 bits per heavy atom. The maximum atomic E-state index is 12.6. The van der Waals surface area contributed by atoms with Gasteiger partial charge in [-0.1, -0.05) is 31.0 Å². The highest BCUT2D eigenvalue weighted by Crippen LogP contribution is 2.11. The van der Waals surface area contributed by atoms with E-state index >= 15 is 0 Å². The van der Waals surface area contributed by atoms with Gasteiger partial charge < -0.3 is 15.7 Å². The van der Waals surface area contributed by atoms with E-state index in [1.54, 1.807) is 30.5 Å². The lowest BCUT2D eigenvalue weighted by molar-refractivity contribution is -0.137. The van der Waals surface area contributed by atoms with Crippen LogP contribution in [0, 0.1) is 0 Å². The molecule has 0 unspecified atom stereocenters. The van der Waals surface area contributed by atoms with E-state index in [2.05, 4.69) is 15.6 Å². The normalized spacial score (nSPS) is 11.4. The number of rotatable bonds is 10. The molecule has 7 heteroatoms. The highest BCUT2D eigenvalue weighted by atomic mass is 16.4. The lowest BCUT2D eigenvalue weighted by Crippen LogP contribution is -2.43. The molecule has 3 N–H and O–H groups in total.